The average Bonchev–Trinajstić information content (AvgIpc) is 2.97. The molecular weight excluding hydrogens is 298 g/mol. The second kappa shape index (κ2) is 6.71. The van der Waals surface area contributed by atoms with Crippen molar-refractivity contribution in [1.82, 2.24) is 14.7 Å². The minimum Gasteiger partial charge on any atom is -0.337 e. The zero-order valence-electron chi connectivity index (χ0n) is 14.2. The normalized spacial score (nSPS) is 10.6. The molecule has 122 valence electrons. The molecule has 1 heterocycles. The Morgan fingerprint density at radius 2 is 1.71 bits per heavy atom. The zero-order valence-corrected chi connectivity index (χ0v) is 14.2. The molecular formula is C20H21N3O. The molecule has 0 unspecified atom stereocenters. The summed E-state index contributed by atoms with van der Waals surface area (Å²) in [6.07, 6.45) is 1.65. The van der Waals surface area contributed by atoms with Gasteiger partial charge in [0.15, 0.2) is 0 Å². The van der Waals surface area contributed by atoms with Crippen molar-refractivity contribution in [3.63, 3.8) is 0 Å². The number of rotatable bonds is 4. The molecule has 24 heavy (non-hydrogen) atoms. The molecule has 0 aliphatic rings. The lowest BCUT2D eigenvalue weighted by Crippen LogP contribution is -2.26. The molecule has 0 aliphatic heterocycles. The summed E-state index contributed by atoms with van der Waals surface area (Å²) in [5.74, 6) is -0.0188. The van der Waals surface area contributed by atoms with Gasteiger partial charge in [0.1, 0.15) is 0 Å². The van der Waals surface area contributed by atoms with E-state index in [9.17, 15) is 4.79 Å². The standard InChI is InChI=1S/C20H21N3O/c1-15-9-11-18(12-10-15)23-16(2)19(13-21-23)20(24)22(3)14-17-7-5-4-6-8-17/h4-13H,14H2,1-3H3. The molecule has 0 radical (unpaired) electrons. The highest BCUT2D eigenvalue weighted by molar-refractivity contribution is 5.95. The van der Waals surface area contributed by atoms with Gasteiger partial charge in [-0.05, 0) is 31.5 Å². The Labute approximate surface area is 142 Å². The minimum atomic E-state index is -0.0188. The first-order valence-corrected chi connectivity index (χ1v) is 7.97. The Morgan fingerprint density at radius 1 is 1.04 bits per heavy atom. The van der Waals surface area contributed by atoms with E-state index in [1.54, 1.807) is 11.1 Å². The van der Waals surface area contributed by atoms with Gasteiger partial charge in [0.25, 0.3) is 5.91 Å². The lowest BCUT2D eigenvalue weighted by atomic mass is 10.2. The molecule has 0 spiro atoms. The second-order valence-electron chi connectivity index (χ2n) is 6.04. The van der Waals surface area contributed by atoms with E-state index in [-0.39, 0.29) is 5.91 Å². The van der Waals surface area contributed by atoms with Crippen LogP contribution in [0.25, 0.3) is 5.69 Å². The van der Waals surface area contributed by atoms with Crippen molar-refractivity contribution in [2.45, 2.75) is 20.4 Å². The number of amides is 1. The molecule has 0 bridgehead atoms. The number of nitrogens with zero attached hydrogens (tertiary/aromatic N) is 3. The molecule has 0 aliphatic carbocycles. The first kappa shape index (κ1) is 16.0. The van der Waals surface area contributed by atoms with E-state index >= 15 is 0 Å². The Balaban J connectivity index is 1.82. The summed E-state index contributed by atoms with van der Waals surface area (Å²) in [4.78, 5) is 14.5. The molecule has 0 saturated heterocycles. The maximum Gasteiger partial charge on any atom is 0.257 e. The van der Waals surface area contributed by atoms with Crippen LogP contribution in [0.1, 0.15) is 27.2 Å². The second-order valence-corrected chi connectivity index (χ2v) is 6.04. The van der Waals surface area contributed by atoms with E-state index in [2.05, 4.69) is 5.10 Å². The quantitative estimate of drug-likeness (QED) is 0.734. The van der Waals surface area contributed by atoms with E-state index in [1.807, 2.05) is 80.2 Å². The van der Waals surface area contributed by atoms with Crippen molar-refractivity contribution in [3.8, 4) is 5.69 Å². The first-order valence-electron chi connectivity index (χ1n) is 7.97. The molecule has 4 heteroatoms. The van der Waals surface area contributed by atoms with Gasteiger partial charge in [-0.3, -0.25) is 4.79 Å². The number of benzene rings is 2. The number of aryl methyl sites for hydroxylation is 1. The van der Waals surface area contributed by atoms with Crippen LogP contribution in [0.4, 0.5) is 0 Å². The fourth-order valence-corrected chi connectivity index (χ4v) is 2.70. The topological polar surface area (TPSA) is 38.1 Å². The molecule has 4 nitrogen and oxygen atoms in total. The molecule has 0 fully saturated rings. The SMILES string of the molecule is Cc1ccc(-n2ncc(C(=O)N(C)Cc3ccccc3)c2C)cc1. The highest BCUT2D eigenvalue weighted by Gasteiger charge is 2.18. The van der Waals surface area contributed by atoms with Crippen LogP contribution in [0.5, 0.6) is 0 Å². The molecule has 0 N–H and O–H groups in total. The summed E-state index contributed by atoms with van der Waals surface area (Å²) < 4.78 is 1.81. The van der Waals surface area contributed by atoms with Crippen molar-refractivity contribution in [2.75, 3.05) is 7.05 Å². The third-order valence-electron chi connectivity index (χ3n) is 4.13. The van der Waals surface area contributed by atoms with Crippen LogP contribution in [0.2, 0.25) is 0 Å². The summed E-state index contributed by atoms with van der Waals surface area (Å²) in [5, 5.41) is 4.40. The van der Waals surface area contributed by atoms with Crippen LogP contribution < -0.4 is 0 Å². The molecule has 3 rings (SSSR count). The predicted molar refractivity (Wildman–Crippen MR) is 95.3 cm³/mol. The zero-order chi connectivity index (χ0) is 17.1. The van der Waals surface area contributed by atoms with Crippen LogP contribution in [-0.2, 0) is 6.54 Å². The van der Waals surface area contributed by atoms with Crippen LogP contribution in [0.15, 0.2) is 60.8 Å². The van der Waals surface area contributed by atoms with Gasteiger partial charge in [0.2, 0.25) is 0 Å². The maximum atomic E-state index is 12.7. The number of hydrogen-bond acceptors (Lipinski definition) is 2. The number of carbonyl (C=O) groups excluding carboxylic acids is 1. The molecule has 1 aromatic heterocycles. The maximum absolute atomic E-state index is 12.7. The third kappa shape index (κ3) is 3.23. The number of carbonyl (C=O) groups is 1. The van der Waals surface area contributed by atoms with E-state index in [0.717, 1.165) is 16.9 Å². The van der Waals surface area contributed by atoms with E-state index in [1.165, 1.54) is 5.56 Å². The van der Waals surface area contributed by atoms with Crippen molar-refractivity contribution in [3.05, 3.63) is 83.2 Å². The monoisotopic (exact) mass is 319 g/mol. The van der Waals surface area contributed by atoms with Crippen LogP contribution in [-0.4, -0.2) is 27.6 Å². The Bertz CT molecular complexity index is 835. The molecule has 2 aromatic carbocycles. The first-order chi connectivity index (χ1) is 11.6. The Hall–Kier alpha value is -2.88. The van der Waals surface area contributed by atoms with Crippen molar-refractivity contribution in [2.24, 2.45) is 0 Å². The van der Waals surface area contributed by atoms with Crippen molar-refractivity contribution in [1.29, 1.82) is 0 Å². The fourth-order valence-electron chi connectivity index (χ4n) is 2.70. The van der Waals surface area contributed by atoms with Crippen molar-refractivity contribution < 1.29 is 4.79 Å². The van der Waals surface area contributed by atoms with Crippen LogP contribution >= 0.6 is 0 Å². The molecule has 1 amide bonds. The lowest BCUT2D eigenvalue weighted by Gasteiger charge is -2.17. The highest BCUT2D eigenvalue weighted by atomic mass is 16.2. The van der Waals surface area contributed by atoms with Gasteiger partial charge in [-0.1, -0.05) is 48.0 Å². The molecule has 0 saturated carbocycles. The lowest BCUT2D eigenvalue weighted by molar-refractivity contribution is 0.0784. The van der Waals surface area contributed by atoms with Gasteiger partial charge in [-0.15, -0.1) is 0 Å². The summed E-state index contributed by atoms with van der Waals surface area (Å²) in [7, 11) is 1.82. The van der Waals surface area contributed by atoms with Crippen LogP contribution in [0.3, 0.4) is 0 Å². The number of hydrogen-bond donors (Lipinski definition) is 0. The van der Waals surface area contributed by atoms with E-state index in [4.69, 9.17) is 0 Å². The van der Waals surface area contributed by atoms with E-state index in [0.29, 0.717) is 12.1 Å². The molecule has 3 aromatic rings. The van der Waals surface area contributed by atoms with Gasteiger partial charge < -0.3 is 4.90 Å². The van der Waals surface area contributed by atoms with Gasteiger partial charge >= 0.3 is 0 Å². The summed E-state index contributed by atoms with van der Waals surface area (Å²) in [6, 6.07) is 18.1. The van der Waals surface area contributed by atoms with Gasteiger partial charge in [-0.2, -0.15) is 5.10 Å². The summed E-state index contributed by atoms with van der Waals surface area (Å²) in [6.45, 7) is 4.55. The minimum absolute atomic E-state index is 0.0188. The largest absolute Gasteiger partial charge is 0.337 e. The van der Waals surface area contributed by atoms with Crippen LogP contribution in [0, 0.1) is 13.8 Å². The fraction of sp³-hybridized carbons (Fsp3) is 0.200. The highest BCUT2D eigenvalue weighted by Crippen LogP contribution is 2.17. The third-order valence-corrected chi connectivity index (χ3v) is 4.13. The average molecular weight is 319 g/mol. The summed E-state index contributed by atoms with van der Waals surface area (Å²) >= 11 is 0. The van der Waals surface area contributed by atoms with E-state index < -0.39 is 0 Å². The predicted octanol–water partition coefficient (Wildman–Crippen LogP) is 3.76. The van der Waals surface area contributed by atoms with Gasteiger partial charge in [-0.25, -0.2) is 4.68 Å². The smallest absolute Gasteiger partial charge is 0.257 e. The van der Waals surface area contributed by atoms with Gasteiger partial charge in [0, 0.05) is 13.6 Å². The van der Waals surface area contributed by atoms with Crippen molar-refractivity contribution >= 4 is 5.91 Å². The molecule has 0 atom stereocenters. The Kier molecular flexibility index (Phi) is 4.47. The van der Waals surface area contributed by atoms with Gasteiger partial charge in [0.05, 0.1) is 23.1 Å². The Morgan fingerprint density at radius 3 is 2.38 bits per heavy atom. The number of aromatic nitrogens is 2. The summed E-state index contributed by atoms with van der Waals surface area (Å²) in [5.41, 5.74) is 4.75.